The number of alkyl halides is 3. The van der Waals surface area contributed by atoms with Crippen molar-refractivity contribution >= 4 is 24.3 Å². The van der Waals surface area contributed by atoms with Gasteiger partial charge in [0.25, 0.3) is 5.91 Å². The summed E-state index contributed by atoms with van der Waals surface area (Å²) in [6, 6.07) is 0.200. The number of anilines is 1. The summed E-state index contributed by atoms with van der Waals surface area (Å²) in [5.41, 5.74) is -1.09. The van der Waals surface area contributed by atoms with Crippen LogP contribution in [0, 0.1) is 11.3 Å². The molecule has 192 valence electrons. The number of amides is 1. The summed E-state index contributed by atoms with van der Waals surface area (Å²) in [6.07, 6.45) is 1.57. The van der Waals surface area contributed by atoms with E-state index in [-0.39, 0.29) is 12.1 Å². The van der Waals surface area contributed by atoms with Crippen LogP contribution in [0.5, 0.6) is 0 Å². The quantitative estimate of drug-likeness (QED) is 0.591. The van der Waals surface area contributed by atoms with Gasteiger partial charge < -0.3 is 19.5 Å². The Bertz CT molecular complexity index is 1150. The molecule has 4 heterocycles. The summed E-state index contributed by atoms with van der Waals surface area (Å²) in [5, 5.41) is 15.8. The minimum absolute atomic E-state index is 0.192. The van der Waals surface area contributed by atoms with E-state index in [4.69, 9.17) is 9.31 Å². The summed E-state index contributed by atoms with van der Waals surface area (Å²) in [7, 11) is -0.580. The Morgan fingerprint density at radius 3 is 2.36 bits per heavy atom. The Kier molecular flexibility index (Phi) is 6.29. The van der Waals surface area contributed by atoms with Crippen LogP contribution in [-0.4, -0.2) is 69.3 Å². The maximum Gasteiger partial charge on any atom is 0.498 e. The summed E-state index contributed by atoms with van der Waals surface area (Å²) in [4.78, 5) is 22.0. The molecule has 2 fully saturated rings. The van der Waals surface area contributed by atoms with E-state index in [0.29, 0.717) is 18.9 Å². The average molecular weight is 505 g/mol. The lowest BCUT2D eigenvalue weighted by molar-refractivity contribution is -0.149. The highest BCUT2D eigenvalue weighted by Crippen LogP contribution is 2.37. The van der Waals surface area contributed by atoms with Gasteiger partial charge >= 0.3 is 13.3 Å². The van der Waals surface area contributed by atoms with Gasteiger partial charge in [0.1, 0.15) is 23.1 Å². The van der Waals surface area contributed by atoms with Gasteiger partial charge in [-0.3, -0.25) is 9.48 Å². The molecule has 1 unspecified atom stereocenters. The molecule has 0 aliphatic carbocycles. The molecule has 2 aromatic rings. The van der Waals surface area contributed by atoms with Crippen molar-refractivity contribution in [2.45, 2.75) is 70.0 Å². The third kappa shape index (κ3) is 4.65. The third-order valence-electron chi connectivity index (χ3n) is 7.03. The van der Waals surface area contributed by atoms with E-state index in [1.807, 2.05) is 44.1 Å². The molecule has 36 heavy (non-hydrogen) atoms. The van der Waals surface area contributed by atoms with E-state index in [1.165, 1.54) is 6.20 Å². The molecule has 2 aromatic heterocycles. The van der Waals surface area contributed by atoms with E-state index in [0.717, 1.165) is 18.6 Å². The van der Waals surface area contributed by atoms with Gasteiger partial charge in [-0.05, 0) is 34.6 Å². The molecule has 4 rings (SSSR count). The minimum atomic E-state index is -4.56. The van der Waals surface area contributed by atoms with Crippen LogP contribution >= 0.6 is 0 Å². The fraction of sp³-hybridized carbons (Fsp3) is 0.591. The van der Waals surface area contributed by atoms with E-state index in [2.05, 4.69) is 21.1 Å². The van der Waals surface area contributed by atoms with Crippen molar-refractivity contribution in [1.82, 2.24) is 25.1 Å². The van der Waals surface area contributed by atoms with Gasteiger partial charge in [0.15, 0.2) is 0 Å². The SMILES string of the molecule is CC(NC(=O)c1cnc(N2CC(CC#N)(n3cc(B4OC(C)(C)C(C)(C)O4)cn3)C2)cn1)C(F)(F)F. The minimum Gasteiger partial charge on any atom is -0.399 e. The van der Waals surface area contributed by atoms with E-state index in [1.54, 1.807) is 10.9 Å². The normalized spacial score (nSPS) is 21.0. The molecule has 1 amide bonds. The molecule has 0 aromatic carbocycles. The van der Waals surface area contributed by atoms with E-state index >= 15 is 0 Å². The molecule has 0 saturated carbocycles. The lowest BCUT2D eigenvalue weighted by Gasteiger charge is -2.49. The Morgan fingerprint density at radius 2 is 1.83 bits per heavy atom. The molecule has 0 radical (unpaired) electrons. The number of aromatic nitrogens is 4. The Morgan fingerprint density at radius 1 is 1.19 bits per heavy atom. The first-order valence-electron chi connectivity index (χ1n) is 11.4. The Balaban J connectivity index is 1.44. The summed E-state index contributed by atoms with van der Waals surface area (Å²) in [5.74, 6) is -0.532. The highest BCUT2D eigenvalue weighted by atomic mass is 19.4. The van der Waals surface area contributed by atoms with Gasteiger partial charge in [0, 0.05) is 30.9 Å². The van der Waals surface area contributed by atoms with Gasteiger partial charge in [-0.25, -0.2) is 9.97 Å². The van der Waals surface area contributed by atoms with Crippen LogP contribution in [0.25, 0.3) is 0 Å². The van der Waals surface area contributed by atoms with Crippen LogP contribution in [0.2, 0.25) is 0 Å². The van der Waals surface area contributed by atoms with Gasteiger partial charge in [-0.2, -0.15) is 23.5 Å². The number of rotatable bonds is 6. The zero-order chi connectivity index (χ0) is 26.5. The summed E-state index contributed by atoms with van der Waals surface area (Å²) >= 11 is 0. The highest BCUT2D eigenvalue weighted by molar-refractivity contribution is 6.62. The Labute approximate surface area is 206 Å². The molecule has 14 heteroatoms. The molecule has 0 bridgehead atoms. The first kappa shape index (κ1) is 25.9. The molecule has 10 nitrogen and oxygen atoms in total. The molecule has 0 spiro atoms. The highest BCUT2D eigenvalue weighted by Gasteiger charge is 2.53. The molecule has 2 aliphatic rings. The fourth-order valence-corrected chi connectivity index (χ4v) is 3.96. The van der Waals surface area contributed by atoms with Crippen molar-refractivity contribution in [3.8, 4) is 6.07 Å². The molecule has 2 aliphatic heterocycles. The lowest BCUT2D eigenvalue weighted by atomic mass is 9.81. The van der Waals surface area contributed by atoms with Crippen LogP contribution in [-0.2, 0) is 14.8 Å². The van der Waals surface area contributed by atoms with Crippen LogP contribution in [0.3, 0.4) is 0 Å². The molecular weight excluding hydrogens is 478 g/mol. The van der Waals surface area contributed by atoms with Crippen molar-refractivity contribution in [3.63, 3.8) is 0 Å². The topological polar surface area (TPSA) is 118 Å². The number of carbonyl (C=O) groups is 1. The van der Waals surface area contributed by atoms with Gasteiger partial charge in [-0.1, -0.05) is 0 Å². The van der Waals surface area contributed by atoms with Crippen LogP contribution in [0.15, 0.2) is 24.8 Å². The van der Waals surface area contributed by atoms with Gasteiger partial charge in [0.05, 0.1) is 36.1 Å². The summed E-state index contributed by atoms with van der Waals surface area (Å²) < 4.78 is 52.0. The predicted molar refractivity (Wildman–Crippen MR) is 123 cm³/mol. The largest absolute Gasteiger partial charge is 0.498 e. The van der Waals surface area contributed by atoms with Gasteiger partial charge in [0.2, 0.25) is 0 Å². The number of nitrogens with zero attached hydrogens (tertiary/aromatic N) is 6. The van der Waals surface area contributed by atoms with E-state index in [9.17, 15) is 23.2 Å². The van der Waals surface area contributed by atoms with Crippen molar-refractivity contribution in [2.24, 2.45) is 0 Å². The molecular formula is C22H27BF3N7O3. The second-order valence-electron chi connectivity index (χ2n) is 10.2. The first-order chi connectivity index (χ1) is 16.7. The smallest absolute Gasteiger partial charge is 0.399 e. The van der Waals surface area contributed by atoms with Crippen LogP contribution in [0.4, 0.5) is 19.0 Å². The lowest BCUT2D eigenvalue weighted by Crippen LogP contribution is -2.63. The van der Waals surface area contributed by atoms with Crippen LogP contribution in [0.1, 0.15) is 51.5 Å². The second-order valence-corrected chi connectivity index (χ2v) is 10.2. The van der Waals surface area contributed by atoms with Crippen molar-refractivity contribution in [2.75, 3.05) is 18.0 Å². The number of halogens is 3. The maximum absolute atomic E-state index is 12.7. The Hall–Kier alpha value is -3.18. The molecule has 2 saturated heterocycles. The van der Waals surface area contributed by atoms with Crippen molar-refractivity contribution < 1.29 is 27.3 Å². The van der Waals surface area contributed by atoms with E-state index < -0.39 is 42.0 Å². The second kappa shape index (κ2) is 8.74. The third-order valence-corrected chi connectivity index (χ3v) is 7.03. The monoisotopic (exact) mass is 505 g/mol. The average Bonchev–Trinajstić information content (AvgIpc) is 3.32. The van der Waals surface area contributed by atoms with Crippen LogP contribution < -0.4 is 15.7 Å². The number of hydrogen-bond donors (Lipinski definition) is 1. The first-order valence-corrected chi connectivity index (χ1v) is 11.4. The fourth-order valence-electron chi connectivity index (χ4n) is 3.96. The van der Waals surface area contributed by atoms with Gasteiger partial charge in [-0.15, -0.1) is 0 Å². The number of hydrogen-bond acceptors (Lipinski definition) is 8. The number of nitrogens with one attached hydrogen (secondary N) is 1. The maximum atomic E-state index is 12.7. The number of carbonyl (C=O) groups excluding carboxylic acids is 1. The zero-order valence-electron chi connectivity index (χ0n) is 20.6. The molecule has 1 atom stereocenters. The zero-order valence-corrected chi connectivity index (χ0v) is 20.6. The summed E-state index contributed by atoms with van der Waals surface area (Å²) in [6.45, 7) is 9.50. The standard InChI is InChI=1S/C22H27BF3N7O3/c1-14(22(24,25)26)31-18(34)16-9-29-17(10-28-16)32-12-21(13-32,6-7-27)33-11-15(8-30-33)23-35-19(2,3)20(4,5)36-23/h8-11,14H,6,12-13H2,1-5H3,(H,31,34). The molecule has 1 N–H and O–H groups in total. The number of nitriles is 1. The predicted octanol–water partition coefficient (Wildman–Crippen LogP) is 1.78. The van der Waals surface area contributed by atoms with Crippen molar-refractivity contribution in [1.29, 1.82) is 5.26 Å². The van der Waals surface area contributed by atoms with Crippen molar-refractivity contribution in [3.05, 3.63) is 30.5 Å².